The van der Waals surface area contributed by atoms with Crippen molar-refractivity contribution in [3.63, 3.8) is 0 Å². The molecule has 0 bridgehead atoms. The van der Waals surface area contributed by atoms with Gasteiger partial charge in [0.05, 0.1) is 21.3 Å². The number of ether oxygens (including phenoxy) is 3. The average Bonchev–Trinajstić information content (AvgIpc) is 2.85. The fourth-order valence-corrected chi connectivity index (χ4v) is 3.34. The van der Waals surface area contributed by atoms with E-state index < -0.39 is 5.97 Å². The van der Waals surface area contributed by atoms with Crippen LogP contribution in [-0.2, 0) is 17.8 Å². The molecule has 0 aliphatic carbocycles. The Bertz CT molecular complexity index is 1120. The lowest BCUT2D eigenvalue weighted by Gasteiger charge is -2.26. The largest absolute Gasteiger partial charge is 0.497 e. The number of nitrogens with zero attached hydrogens (tertiary/aromatic N) is 3. The number of hydrogen-bond donors (Lipinski definition) is 0. The fourth-order valence-electron chi connectivity index (χ4n) is 3.17. The van der Waals surface area contributed by atoms with Crippen LogP contribution >= 0.6 is 11.6 Å². The van der Waals surface area contributed by atoms with Gasteiger partial charge in [0.2, 0.25) is 0 Å². The van der Waals surface area contributed by atoms with E-state index in [1.54, 1.807) is 21.1 Å². The molecule has 1 aromatic heterocycles. The maximum Gasteiger partial charge on any atom is 0.360 e. The summed E-state index contributed by atoms with van der Waals surface area (Å²) in [6, 6.07) is 15.3. The minimum absolute atomic E-state index is 0.0196. The highest BCUT2D eigenvalue weighted by atomic mass is 35.5. The fraction of sp³-hybridized carbons (Fsp3) is 0.240. The lowest BCUT2D eigenvalue weighted by atomic mass is 10.1. The summed E-state index contributed by atoms with van der Waals surface area (Å²) in [5.41, 5.74) is 2.28. The van der Waals surface area contributed by atoms with Crippen LogP contribution in [0.5, 0.6) is 11.5 Å². The lowest BCUT2D eigenvalue weighted by Crippen LogP contribution is -2.27. The SMILES string of the molecule is CC#Cc1nc(N(Cc2ccc(OC)cc2)Cc2ccc(OC)cc2)c(C(=O)OC)nc1Cl. The van der Waals surface area contributed by atoms with Gasteiger partial charge in [-0.1, -0.05) is 41.8 Å². The van der Waals surface area contributed by atoms with E-state index in [1.807, 2.05) is 53.4 Å². The molecule has 33 heavy (non-hydrogen) atoms. The topological polar surface area (TPSA) is 73.8 Å². The van der Waals surface area contributed by atoms with Gasteiger partial charge in [0.25, 0.3) is 0 Å². The number of esters is 1. The molecule has 0 saturated carbocycles. The first-order valence-electron chi connectivity index (χ1n) is 10.1. The summed E-state index contributed by atoms with van der Waals surface area (Å²) in [6.07, 6.45) is 0. The zero-order chi connectivity index (χ0) is 23.8. The van der Waals surface area contributed by atoms with Crippen LogP contribution in [-0.4, -0.2) is 37.3 Å². The summed E-state index contributed by atoms with van der Waals surface area (Å²) in [4.78, 5) is 23.3. The van der Waals surface area contributed by atoms with Crippen molar-refractivity contribution in [3.8, 4) is 23.3 Å². The van der Waals surface area contributed by atoms with Gasteiger partial charge in [-0.15, -0.1) is 0 Å². The molecule has 0 N–H and O–H groups in total. The van der Waals surface area contributed by atoms with E-state index in [4.69, 9.17) is 25.8 Å². The van der Waals surface area contributed by atoms with Crippen LogP contribution in [0.2, 0.25) is 5.15 Å². The molecule has 3 aromatic rings. The van der Waals surface area contributed by atoms with Crippen LogP contribution in [0, 0.1) is 11.8 Å². The Kier molecular flexibility index (Phi) is 8.11. The standard InChI is InChI=1S/C25H24ClN3O4/c1-5-6-21-23(26)28-22(25(30)33-4)24(27-21)29(15-17-7-11-19(31-2)12-8-17)16-18-9-13-20(32-3)14-10-18/h7-14H,15-16H2,1-4H3. The molecule has 7 nitrogen and oxygen atoms in total. The van der Waals surface area contributed by atoms with Crippen molar-refractivity contribution in [3.05, 3.63) is 76.2 Å². The maximum atomic E-state index is 12.6. The van der Waals surface area contributed by atoms with E-state index in [2.05, 4.69) is 21.8 Å². The van der Waals surface area contributed by atoms with Gasteiger partial charge < -0.3 is 19.1 Å². The molecular formula is C25H24ClN3O4. The smallest absolute Gasteiger partial charge is 0.360 e. The van der Waals surface area contributed by atoms with Crippen molar-refractivity contribution in [2.45, 2.75) is 20.0 Å². The number of hydrogen-bond acceptors (Lipinski definition) is 7. The van der Waals surface area contributed by atoms with Gasteiger partial charge in [-0.3, -0.25) is 0 Å². The first-order chi connectivity index (χ1) is 16.0. The number of halogens is 1. The Morgan fingerprint density at radius 3 is 1.85 bits per heavy atom. The van der Waals surface area contributed by atoms with Crippen LogP contribution < -0.4 is 14.4 Å². The summed E-state index contributed by atoms with van der Waals surface area (Å²) < 4.78 is 15.5. The second kappa shape index (κ2) is 11.2. The molecule has 0 aliphatic heterocycles. The van der Waals surface area contributed by atoms with Gasteiger partial charge in [-0.05, 0) is 48.2 Å². The Balaban J connectivity index is 2.09. The van der Waals surface area contributed by atoms with Crippen molar-refractivity contribution in [1.29, 1.82) is 0 Å². The van der Waals surface area contributed by atoms with Crippen LogP contribution in [0.3, 0.4) is 0 Å². The Morgan fingerprint density at radius 1 is 0.909 bits per heavy atom. The van der Waals surface area contributed by atoms with E-state index in [1.165, 1.54) is 7.11 Å². The Morgan fingerprint density at radius 2 is 1.42 bits per heavy atom. The molecule has 0 amide bonds. The second-order valence-electron chi connectivity index (χ2n) is 6.95. The van der Waals surface area contributed by atoms with E-state index in [9.17, 15) is 4.79 Å². The monoisotopic (exact) mass is 465 g/mol. The lowest BCUT2D eigenvalue weighted by molar-refractivity contribution is 0.0594. The molecule has 0 aliphatic rings. The molecule has 0 fully saturated rings. The molecule has 8 heteroatoms. The van der Waals surface area contributed by atoms with E-state index in [0.717, 1.165) is 22.6 Å². The summed E-state index contributed by atoms with van der Waals surface area (Å²) in [5, 5.41) is 0.0438. The molecule has 0 spiro atoms. The van der Waals surface area contributed by atoms with Gasteiger partial charge >= 0.3 is 5.97 Å². The average molecular weight is 466 g/mol. The number of aromatic nitrogens is 2. The molecule has 3 rings (SSSR count). The first kappa shape index (κ1) is 23.9. The highest BCUT2D eigenvalue weighted by Crippen LogP contribution is 2.26. The maximum absolute atomic E-state index is 12.6. The molecule has 0 unspecified atom stereocenters. The van der Waals surface area contributed by atoms with E-state index >= 15 is 0 Å². The third-order valence-corrected chi connectivity index (χ3v) is 5.09. The van der Waals surface area contributed by atoms with Crippen molar-refractivity contribution in [1.82, 2.24) is 9.97 Å². The minimum Gasteiger partial charge on any atom is -0.497 e. The molecule has 170 valence electrons. The Hall–Kier alpha value is -3.76. The third kappa shape index (κ3) is 5.93. The first-order valence-corrected chi connectivity index (χ1v) is 10.5. The Labute approximate surface area is 198 Å². The zero-order valence-corrected chi connectivity index (χ0v) is 19.6. The van der Waals surface area contributed by atoms with Crippen LogP contribution in [0.1, 0.15) is 34.2 Å². The predicted octanol–water partition coefficient (Wildman–Crippen LogP) is 4.51. The normalized spacial score (nSPS) is 10.1. The quantitative estimate of drug-likeness (QED) is 0.358. The predicted molar refractivity (Wildman–Crippen MR) is 127 cm³/mol. The third-order valence-electron chi connectivity index (χ3n) is 4.82. The molecule has 0 saturated heterocycles. The van der Waals surface area contributed by atoms with Crippen molar-refractivity contribution in [2.24, 2.45) is 0 Å². The number of anilines is 1. The number of benzene rings is 2. The van der Waals surface area contributed by atoms with E-state index in [-0.39, 0.29) is 16.5 Å². The zero-order valence-electron chi connectivity index (χ0n) is 18.9. The highest BCUT2D eigenvalue weighted by Gasteiger charge is 2.24. The van der Waals surface area contributed by atoms with Gasteiger partial charge in [0.15, 0.2) is 22.4 Å². The van der Waals surface area contributed by atoms with Crippen LogP contribution in [0.25, 0.3) is 0 Å². The number of rotatable bonds is 8. The number of carbonyl (C=O) groups is 1. The molecule has 1 heterocycles. The van der Waals surface area contributed by atoms with Crippen molar-refractivity contribution in [2.75, 3.05) is 26.2 Å². The number of methoxy groups -OCH3 is 3. The molecular weight excluding hydrogens is 442 g/mol. The van der Waals surface area contributed by atoms with Crippen molar-refractivity contribution >= 4 is 23.4 Å². The second-order valence-corrected chi connectivity index (χ2v) is 7.31. The minimum atomic E-state index is -0.634. The summed E-state index contributed by atoms with van der Waals surface area (Å²) in [6.45, 7) is 2.56. The molecule has 0 radical (unpaired) electrons. The highest BCUT2D eigenvalue weighted by molar-refractivity contribution is 6.30. The molecule has 0 atom stereocenters. The van der Waals surface area contributed by atoms with Gasteiger partial charge in [0.1, 0.15) is 11.5 Å². The van der Waals surface area contributed by atoms with Crippen LogP contribution in [0.15, 0.2) is 48.5 Å². The number of carbonyl (C=O) groups excluding carboxylic acids is 1. The van der Waals surface area contributed by atoms with E-state index in [0.29, 0.717) is 18.9 Å². The summed E-state index contributed by atoms with van der Waals surface area (Å²) >= 11 is 6.24. The van der Waals surface area contributed by atoms with Crippen molar-refractivity contribution < 1.29 is 19.0 Å². The molecule has 2 aromatic carbocycles. The van der Waals surface area contributed by atoms with Gasteiger partial charge in [0, 0.05) is 13.1 Å². The van der Waals surface area contributed by atoms with Crippen LogP contribution in [0.4, 0.5) is 5.82 Å². The van der Waals surface area contributed by atoms with Gasteiger partial charge in [-0.25, -0.2) is 14.8 Å². The van der Waals surface area contributed by atoms with Gasteiger partial charge in [-0.2, -0.15) is 0 Å². The summed E-state index contributed by atoms with van der Waals surface area (Å²) in [5.74, 6) is 6.82. The summed E-state index contributed by atoms with van der Waals surface area (Å²) in [7, 11) is 4.53.